The summed E-state index contributed by atoms with van der Waals surface area (Å²) in [5, 5.41) is 0.635. The van der Waals surface area contributed by atoms with E-state index < -0.39 is 0 Å². The molecule has 6 nitrogen and oxygen atoms in total. The van der Waals surface area contributed by atoms with Gasteiger partial charge < -0.3 is 20.9 Å². The van der Waals surface area contributed by atoms with Crippen molar-refractivity contribution in [1.29, 1.82) is 0 Å². The monoisotopic (exact) mass is 358 g/mol. The van der Waals surface area contributed by atoms with Crippen LogP contribution in [0.5, 0.6) is 17.2 Å². The Morgan fingerprint density at radius 2 is 1.48 bits per heavy atom. The van der Waals surface area contributed by atoms with Crippen molar-refractivity contribution in [2.45, 2.75) is 6.61 Å². The van der Waals surface area contributed by atoms with E-state index >= 15 is 0 Å². The van der Waals surface area contributed by atoms with Crippen molar-refractivity contribution >= 4 is 22.7 Å². The van der Waals surface area contributed by atoms with Crippen LogP contribution in [0, 0.1) is 0 Å². The standard InChI is InChI=1S/C21H18N4O2/c22-20-19-17(24-21(23)25-20)7-4-8-18(19)27-16-11-9-15(10-12-16)26-13-14-5-2-1-3-6-14/h1-12H,13H2,(H4,22,23,24,25). The fraction of sp³-hybridized carbons (Fsp3) is 0.0476. The summed E-state index contributed by atoms with van der Waals surface area (Å²) in [6.07, 6.45) is 0. The van der Waals surface area contributed by atoms with Crippen molar-refractivity contribution in [1.82, 2.24) is 9.97 Å². The van der Waals surface area contributed by atoms with Gasteiger partial charge in [0.05, 0.1) is 10.9 Å². The molecule has 134 valence electrons. The molecular weight excluding hydrogens is 340 g/mol. The van der Waals surface area contributed by atoms with Crippen molar-refractivity contribution in [3.8, 4) is 17.2 Å². The van der Waals surface area contributed by atoms with Crippen LogP contribution in [0.15, 0.2) is 72.8 Å². The van der Waals surface area contributed by atoms with Crippen molar-refractivity contribution in [3.63, 3.8) is 0 Å². The second kappa shape index (κ2) is 7.21. The number of ether oxygens (including phenoxy) is 2. The number of hydrogen-bond donors (Lipinski definition) is 2. The highest BCUT2D eigenvalue weighted by Crippen LogP contribution is 2.33. The molecule has 4 rings (SSSR count). The van der Waals surface area contributed by atoms with Gasteiger partial charge in [-0.3, -0.25) is 0 Å². The smallest absolute Gasteiger partial charge is 0.222 e. The van der Waals surface area contributed by atoms with E-state index in [1.54, 1.807) is 0 Å². The summed E-state index contributed by atoms with van der Waals surface area (Å²) in [6.45, 7) is 0.514. The first-order chi connectivity index (χ1) is 13.2. The van der Waals surface area contributed by atoms with Crippen molar-refractivity contribution in [3.05, 3.63) is 78.4 Å². The lowest BCUT2D eigenvalue weighted by Gasteiger charge is -2.11. The minimum Gasteiger partial charge on any atom is -0.489 e. The van der Waals surface area contributed by atoms with Gasteiger partial charge in [-0.15, -0.1) is 0 Å². The number of rotatable bonds is 5. The normalized spacial score (nSPS) is 10.7. The van der Waals surface area contributed by atoms with Crippen molar-refractivity contribution < 1.29 is 9.47 Å². The molecule has 0 spiro atoms. The van der Waals surface area contributed by atoms with Crippen LogP contribution >= 0.6 is 0 Å². The summed E-state index contributed by atoms with van der Waals surface area (Å²) >= 11 is 0. The zero-order chi connectivity index (χ0) is 18.6. The third kappa shape index (κ3) is 3.74. The van der Waals surface area contributed by atoms with E-state index in [0.29, 0.717) is 29.0 Å². The Balaban J connectivity index is 1.51. The average Bonchev–Trinajstić information content (AvgIpc) is 2.68. The summed E-state index contributed by atoms with van der Waals surface area (Å²) in [5.41, 5.74) is 13.4. The highest BCUT2D eigenvalue weighted by Gasteiger charge is 2.10. The molecule has 0 unspecified atom stereocenters. The predicted molar refractivity (Wildman–Crippen MR) is 106 cm³/mol. The Morgan fingerprint density at radius 1 is 0.741 bits per heavy atom. The molecule has 1 aromatic heterocycles. The third-order valence-electron chi connectivity index (χ3n) is 4.03. The number of aromatic nitrogens is 2. The maximum absolute atomic E-state index is 6.00. The van der Waals surface area contributed by atoms with E-state index in [0.717, 1.165) is 11.3 Å². The van der Waals surface area contributed by atoms with Crippen LogP contribution in [-0.4, -0.2) is 9.97 Å². The molecule has 0 aliphatic heterocycles. The molecule has 3 aromatic carbocycles. The first-order valence-corrected chi connectivity index (χ1v) is 8.45. The van der Waals surface area contributed by atoms with Gasteiger partial charge in [0.15, 0.2) is 0 Å². The molecule has 0 saturated carbocycles. The molecule has 4 N–H and O–H groups in total. The van der Waals surface area contributed by atoms with Gasteiger partial charge in [0, 0.05) is 0 Å². The van der Waals surface area contributed by atoms with Crippen LogP contribution in [0.3, 0.4) is 0 Å². The fourth-order valence-corrected chi connectivity index (χ4v) is 2.75. The van der Waals surface area contributed by atoms with Gasteiger partial charge in [0.2, 0.25) is 5.95 Å². The highest BCUT2D eigenvalue weighted by molar-refractivity contribution is 5.94. The van der Waals surface area contributed by atoms with Crippen molar-refractivity contribution in [2.75, 3.05) is 11.5 Å². The third-order valence-corrected chi connectivity index (χ3v) is 4.03. The Hall–Kier alpha value is -3.80. The molecule has 6 heteroatoms. The zero-order valence-corrected chi connectivity index (χ0v) is 14.5. The molecule has 4 aromatic rings. The second-order valence-corrected chi connectivity index (χ2v) is 5.97. The Labute approximate surface area is 156 Å². The number of nitrogens with two attached hydrogens (primary N) is 2. The maximum Gasteiger partial charge on any atom is 0.222 e. The second-order valence-electron chi connectivity index (χ2n) is 5.97. The molecular formula is C21H18N4O2. The molecule has 0 fully saturated rings. The minimum atomic E-state index is 0.136. The van der Waals surface area contributed by atoms with Crippen LogP contribution in [0.2, 0.25) is 0 Å². The minimum absolute atomic E-state index is 0.136. The van der Waals surface area contributed by atoms with E-state index in [2.05, 4.69) is 9.97 Å². The quantitative estimate of drug-likeness (QED) is 0.556. The fourth-order valence-electron chi connectivity index (χ4n) is 2.75. The summed E-state index contributed by atoms with van der Waals surface area (Å²) < 4.78 is 11.8. The van der Waals surface area contributed by atoms with Crippen LogP contribution in [0.1, 0.15) is 5.56 Å². The van der Waals surface area contributed by atoms with Crippen LogP contribution in [-0.2, 0) is 6.61 Å². The van der Waals surface area contributed by atoms with Gasteiger partial charge in [-0.1, -0.05) is 36.4 Å². The molecule has 0 atom stereocenters. The molecule has 0 aliphatic rings. The largest absolute Gasteiger partial charge is 0.489 e. The van der Waals surface area contributed by atoms with Gasteiger partial charge >= 0.3 is 0 Å². The molecule has 27 heavy (non-hydrogen) atoms. The lowest BCUT2D eigenvalue weighted by molar-refractivity contribution is 0.306. The number of nitrogen functional groups attached to an aromatic ring is 2. The topological polar surface area (TPSA) is 96.3 Å². The Morgan fingerprint density at radius 3 is 2.26 bits per heavy atom. The van der Waals surface area contributed by atoms with Gasteiger partial charge in [0.25, 0.3) is 0 Å². The lowest BCUT2D eigenvalue weighted by atomic mass is 10.2. The highest BCUT2D eigenvalue weighted by atomic mass is 16.5. The Bertz CT molecular complexity index is 1070. The van der Waals surface area contributed by atoms with Crippen molar-refractivity contribution in [2.24, 2.45) is 0 Å². The van der Waals surface area contributed by atoms with Gasteiger partial charge in [-0.25, -0.2) is 4.98 Å². The van der Waals surface area contributed by atoms with E-state index in [1.165, 1.54) is 0 Å². The molecule has 0 radical (unpaired) electrons. The van der Waals surface area contributed by atoms with E-state index in [-0.39, 0.29) is 11.8 Å². The van der Waals surface area contributed by atoms with Crippen LogP contribution in [0.4, 0.5) is 11.8 Å². The number of anilines is 2. The first kappa shape index (κ1) is 16.7. The number of fused-ring (bicyclic) bond motifs is 1. The first-order valence-electron chi connectivity index (χ1n) is 8.45. The Kier molecular flexibility index (Phi) is 4.45. The van der Waals surface area contributed by atoms with E-state index in [1.807, 2.05) is 72.8 Å². The van der Waals surface area contributed by atoms with E-state index in [4.69, 9.17) is 20.9 Å². The summed E-state index contributed by atoms with van der Waals surface area (Å²) in [5.74, 6) is 2.42. The summed E-state index contributed by atoms with van der Waals surface area (Å²) in [4.78, 5) is 8.21. The predicted octanol–water partition coefficient (Wildman–Crippen LogP) is 4.17. The van der Waals surface area contributed by atoms with Gasteiger partial charge in [0.1, 0.15) is 29.7 Å². The summed E-state index contributed by atoms with van der Waals surface area (Å²) in [6, 6.07) is 22.9. The molecule has 0 amide bonds. The summed E-state index contributed by atoms with van der Waals surface area (Å²) in [7, 11) is 0. The maximum atomic E-state index is 6.00. The van der Waals surface area contributed by atoms with Gasteiger partial charge in [-0.05, 0) is 42.0 Å². The molecule has 0 saturated heterocycles. The molecule has 1 heterocycles. The molecule has 0 bridgehead atoms. The van der Waals surface area contributed by atoms with Crippen LogP contribution in [0.25, 0.3) is 10.9 Å². The van der Waals surface area contributed by atoms with Gasteiger partial charge in [-0.2, -0.15) is 4.98 Å². The lowest BCUT2D eigenvalue weighted by Crippen LogP contribution is -2.01. The van der Waals surface area contributed by atoms with Crippen LogP contribution < -0.4 is 20.9 Å². The molecule has 0 aliphatic carbocycles. The SMILES string of the molecule is Nc1nc(N)c2c(Oc3ccc(OCc4ccccc4)cc3)cccc2n1. The number of nitrogens with zero attached hydrogens (tertiary/aromatic N) is 2. The average molecular weight is 358 g/mol. The number of benzene rings is 3. The van der Waals surface area contributed by atoms with E-state index in [9.17, 15) is 0 Å². The zero-order valence-electron chi connectivity index (χ0n) is 14.5. The number of hydrogen-bond acceptors (Lipinski definition) is 6.